The van der Waals surface area contributed by atoms with Gasteiger partial charge < -0.3 is 15.1 Å². The Labute approximate surface area is 151 Å². The minimum atomic E-state index is -0.450. The van der Waals surface area contributed by atoms with Crippen molar-refractivity contribution in [2.45, 2.75) is 0 Å². The van der Waals surface area contributed by atoms with E-state index >= 15 is 0 Å². The molecule has 0 unspecified atom stereocenters. The predicted molar refractivity (Wildman–Crippen MR) is 96.3 cm³/mol. The minimum Gasteiger partial charge on any atom is -0.451 e. The van der Waals surface area contributed by atoms with Crippen molar-refractivity contribution >= 4 is 56.0 Å². The lowest BCUT2D eigenvalue weighted by Gasteiger charge is -2.06. The Morgan fingerprint density at radius 1 is 1.08 bits per heavy atom. The summed E-state index contributed by atoms with van der Waals surface area (Å²) in [7, 11) is 0. The molecule has 0 saturated heterocycles. The highest BCUT2D eigenvalue weighted by atomic mass is 79.9. The van der Waals surface area contributed by atoms with E-state index in [4.69, 9.17) is 16.0 Å². The first-order valence-corrected chi connectivity index (χ1v) is 8.21. The van der Waals surface area contributed by atoms with Crippen molar-refractivity contribution in [1.29, 1.82) is 0 Å². The van der Waals surface area contributed by atoms with E-state index in [9.17, 15) is 9.59 Å². The van der Waals surface area contributed by atoms with Crippen LogP contribution in [-0.4, -0.2) is 18.4 Å². The highest BCUT2D eigenvalue weighted by Crippen LogP contribution is 2.23. The lowest BCUT2D eigenvalue weighted by atomic mass is 10.2. The van der Waals surface area contributed by atoms with E-state index in [0.717, 1.165) is 9.86 Å². The van der Waals surface area contributed by atoms with E-state index in [1.807, 2.05) is 12.1 Å². The Balaban J connectivity index is 1.59. The van der Waals surface area contributed by atoms with Gasteiger partial charge in [-0.25, -0.2) is 0 Å². The maximum Gasteiger partial charge on any atom is 0.287 e. The lowest BCUT2D eigenvalue weighted by Crippen LogP contribution is -2.32. The van der Waals surface area contributed by atoms with Crippen molar-refractivity contribution < 1.29 is 14.0 Å². The number of hydrogen-bond donors (Lipinski definition) is 2. The van der Waals surface area contributed by atoms with Crippen LogP contribution in [0.3, 0.4) is 0 Å². The normalized spacial score (nSPS) is 10.6. The van der Waals surface area contributed by atoms with Gasteiger partial charge in [-0.15, -0.1) is 0 Å². The van der Waals surface area contributed by atoms with Crippen molar-refractivity contribution in [2.75, 3.05) is 11.9 Å². The monoisotopic (exact) mass is 406 g/mol. The van der Waals surface area contributed by atoms with Gasteiger partial charge in [0.2, 0.25) is 5.91 Å². The van der Waals surface area contributed by atoms with Crippen LogP contribution in [0.4, 0.5) is 5.69 Å². The van der Waals surface area contributed by atoms with Crippen molar-refractivity contribution in [1.82, 2.24) is 5.32 Å². The zero-order chi connectivity index (χ0) is 17.1. The molecule has 7 heteroatoms. The number of rotatable bonds is 4. The predicted octanol–water partition coefficient (Wildman–Crippen LogP) is 4.22. The van der Waals surface area contributed by atoms with Gasteiger partial charge in [0.25, 0.3) is 5.91 Å². The first-order valence-electron chi connectivity index (χ1n) is 7.04. The molecule has 1 aromatic heterocycles. The fraction of sp³-hybridized carbons (Fsp3) is 0.0588. The number of hydrogen-bond acceptors (Lipinski definition) is 3. The van der Waals surface area contributed by atoms with Crippen LogP contribution in [0.25, 0.3) is 11.0 Å². The summed E-state index contributed by atoms with van der Waals surface area (Å²) in [6, 6.07) is 13.8. The number of halogens is 2. The Hall–Kier alpha value is -2.31. The molecule has 0 bridgehead atoms. The number of nitrogens with one attached hydrogen (secondary N) is 2. The molecule has 24 heavy (non-hydrogen) atoms. The Kier molecular flexibility index (Phi) is 4.87. The van der Waals surface area contributed by atoms with Crippen LogP contribution in [0, 0.1) is 0 Å². The van der Waals surface area contributed by atoms with Crippen LogP contribution in [0.15, 0.2) is 57.4 Å². The second-order valence-electron chi connectivity index (χ2n) is 5.03. The summed E-state index contributed by atoms with van der Waals surface area (Å²) in [6.45, 7) is -0.164. The zero-order valence-corrected chi connectivity index (χ0v) is 14.6. The first-order chi connectivity index (χ1) is 11.5. The highest BCUT2D eigenvalue weighted by Gasteiger charge is 2.13. The smallest absolute Gasteiger partial charge is 0.287 e. The van der Waals surface area contributed by atoms with Gasteiger partial charge in [0, 0.05) is 20.6 Å². The molecule has 0 aliphatic carbocycles. The quantitative estimate of drug-likeness (QED) is 0.680. The Bertz CT molecular complexity index is 906. The van der Waals surface area contributed by atoms with Crippen LogP contribution in [0.2, 0.25) is 5.02 Å². The number of carbonyl (C=O) groups is 2. The second kappa shape index (κ2) is 7.07. The van der Waals surface area contributed by atoms with Crippen molar-refractivity contribution in [3.05, 3.63) is 63.8 Å². The third-order valence-corrected chi connectivity index (χ3v) is 3.98. The molecule has 3 rings (SSSR count). The van der Waals surface area contributed by atoms with Gasteiger partial charge in [0.15, 0.2) is 5.76 Å². The van der Waals surface area contributed by atoms with E-state index in [0.29, 0.717) is 16.3 Å². The summed E-state index contributed by atoms with van der Waals surface area (Å²) >= 11 is 9.14. The molecule has 0 aliphatic heterocycles. The van der Waals surface area contributed by atoms with Crippen LogP contribution in [-0.2, 0) is 4.79 Å². The molecule has 2 amide bonds. The standard InChI is InChI=1S/C17H12BrClN2O3/c18-11-1-6-14-10(7-11)8-15(24-14)17(23)20-9-16(22)21-13-4-2-12(19)3-5-13/h1-8H,9H2,(H,20,23)(H,21,22). The first kappa shape index (κ1) is 16.5. The molecular weight excluding hydrogens is 396 g/mol. The van der Waals surface area contributed by atoms with Crippen LogP contribution < -0.4 is 10.6 Å². The van der Waals surface area contributed by atoms with Crippen LogP contribution in [0.5, 0.6) is 0 Å². The summed E-state index contributed by atoms with van der Waals surface area (Å²) in [5.74, 6) is -0.638. The minimum absolute atomic E-state index is 0.155. The Morgan fingerprint density at radius 3 is 2.58 bits per heavy atom. The van der Waals surface area contributed by atoms with Gasteiger partial charge in [0.05, 0.1) is 6.54 Å². The molecule has 2 N–H and O–H groups in total. The molecule has 2 aromatic carbocycles. The number of fused-ring (bicyclic) bond motifs is 1. The summed E-state index contributed by atoms with van der Waals surface area (Å²) in [5.41, 5.74) is 1.21. The fourth-order valence-corrected chi connectivity index (χ4v) is 2.62. The van der Waals surface area contributed by atoms with E-state index < -0.39 is 5.91 Å². The number of anilines is 1. The summed E-state index contributed by atoms with van der Waals surface area (Å²) in [6.07, 6.45) is 0. The van der Waals surface area contributed by atoms with Gasteiger partial charge >= 0.3 is 0 Å². The lowest BCUT2D eigenvalue weighted by molar-refractivity contribution is -0.115. The van der Waals surface area contributed by atoms with Gasteiger partial charge in [-0.2, -0.15) is 0 Å². The Morgan fingerprint density at radius 2 is 1.83 bits per heavy atom. The second-order valence-corrected chi connectivity index (χ2v) is 6.38. The van der Waals surface area contributed by atoms with Crippen LogP contribution >= 0.6 is 27.5 Å². The zero-order valence-electron chi connectivity index (χ0n) is 12.3. The maximum atomic E-state index is 12.1. The third kappa shape index (κ3) is 3.96. The number of furan rings is 1. The van der Waals surface area contributed by atoms with Crippen molar-refractivity contribution in [3.63, 3.8) is 0 Å². The van der Waals surface area contributed by atoms with E-state index in [2.05, 4.69) is 26.6 Å². The molecule has 0 radical (unpaired) electrons. The van der Waals surface area contributed by atoms with Crippen molar-refractivity contribution in [2.24, 2.45) is 0 Å². The molecule has 0 spiro atoms. The largest absolute Gasteiger partial charge is 0.451 e. The van der Waals surface area contributed by atoms with Gasteiger partial charge in [0.1, 0.15) is 5.58 Å². The topological polar surface area (TPSA) is 71.3 Å². The average molecular weight is 408 g/mol. The highest BCUT2D eigenvalue weighted by molar-refractivity contribution is 9.10. The molecule has 122 valence electrons. The SMILES string of the molecule is O=C(CNC(=O)c1cc2cc(Br)ccc2o1)Nc1ccc(Cl)cc1. The van der Waals surface area contributed by atoms with Gasteiger partial charge in [-0.3, -0.25) is 9.59 Å². The fourth-order valence-electron chi connectivity index (χ4n) is 2.11. The van der Waals surface area contributed by atoms with Crippen LogP contribution in [0.1, 0.15) is 10.6 Å². The van der Waals surface area contributed by atoms with E-state index in [1.165, 1.54) is 0 Å². The van der Waals surface area contributed by atoms with Crippen molar-refractivity contribution in [3.8, 4) is 0 Å². The number of benzene rings is 2. The summed E-state index contributed by atoms with van der Waals surface area (Å²) in [5, 5.41) is 6.57. The number of amides is 2. The molecule has 0 aliphatic rings. The summed E-state index contributed by atoms with van der Waals surface area (Å²) in [4.78, 5) is 23.9. The molecule has 1 heterocycles. The van der Waals surface area contributed by atoms with Gasteiger partial charge in [-0.05, 0) is 48.5 Å². The molecule has 0 saturated carbocycles. The number of carbonyl (C=O) groups excluding carboxylic acids is 2. The average Bonchev–Trinajstić information content (AvgIpc) is 2.98. The van der Waals surface area contributed by atoms with E-state index in [1.54, 1.807) is 36.4 Å². The maximum absolute atomic E-state index is 12.1. The van der Waals surface area contributed by atoms with E-state index in [-0.39, 0.29) is 18.2 Å². The van der Waals surface area contributed by atoms with Gasteiger partial charge in [-0.1, -0.05) is 27.5 Å². The summed E-state index contributed by atoms with van der Waals surface area (Å²) < 4.78 is 6.36. The molecular formula is C17H12BrClN2O3. The molecule has 5 nitrogen and oxygen atoms in total. The molecule has 0 fully saturated rings. The molecule has 3 aromatic rings. The third-order valence-electron chi connectivity index (χ3n) is 3.24. The molecule has 0 atom stereocenters.